The van der Waals surface area contributed by atoms with E-state index in [2.05, 4.69) is 14.9 Å². The summed E-state index contributed by atoms with van der Waals surface area (Å²) in [6, 6.07) is 1.92. The zero-order valence-corrected chi connectivity index (χ0v) is 16.1. The van der Waals surface area contributed by atoms with Gasteiger partial charge in [0.1, 0.15) is 11.4 Å². The Bertz CT molecular complexity index is 562. The van der Waals surface area contributed by atoms with Crippen molar-refractivity contribution in [2.45, 2.75) is 44.4 Å². The summed E-state index contributed by atoms with van der Waals surface area (Å²) in [5, 5.41) is 0.776. The molecule has 24 heavy (non-hydrogen) atoms. The normalized spacial score (nSPS) is 18.4. The molecule has 2 rings (SSSR count). The number of carbonyl (C=O) groups is 1. The van der Waals surface area contributed by atoms with Crippen LogP contribution in [0.2, 0.25) is 0 Å². The van der Waals surface area contributed by atoms with Crippen LogP contribution >= 0.6 is 11.8 Å². The highest BCUT2D eigenvalue weighted by atomic mass is 32.2. The van der Waals surface area contributed by atoms with E-state index < -0.39 is 5.60 Å². The SMILES string of the molecule is CSc1nccc(N(C)C[C@@H]2CCCN(C(=O)OC(C)(C)C)C2)n1. The van der Waals surface area contributed by atoms with E-state index in [1.165, 1.54) is 11.8 Å². The molecule has 0 spiro atoms. The largest absolute Gasteiger partial charge is 0.444 e. The van der Waals surface area contributed by atoms with Gasteiger partial charge in [0.2, 0.25) is 0 Å². The summed E-state index contributed by atoms with van der Waals surface area (Å²) in [7, 11) is 2.04. The molecule has 6 nitrogen and oxygen atoms in total. The molecular formula is C17H28N4O2S. The van der Waals surface area contributed by atoms with Crippen molar-refractivity contribution in [3.63, 3.8) is 0 Å². The lowest BCUT2D eigenvalue weighted by Gasteiger charge is -2.35. The molecule has 7 heteroatoms. The van der Waals surface area contributed by atoms with Crippen LogP contribution in [0.15, 0.2) is 17.4 Å². The number of carbonyl (C=O) groups excluding carboxylic acids is 1. The summed E-state index contributed by atoms with van der Waals surface area (Å²) in [4.78, 5) is 25.0. The number of hydrogen-bond acceptors (Lipinski definition) is 6. The van der Waals surface area contributed by atoms with E-state index in [0.717, 1.165) is 43.5 Å². The quantitative estimate of drug-likeness (QED) is 0.612. The first kappa shape index (κ1) is 18.8. The topological polar surface area (TPSA) is 58.6 Å². The van der Waals surface area contributed by atoms with Crippen LogP contribution in [0.1, 0.15) is 33.6 Å². The Kier molecular flexibility index (Phi) is 6.32. The molecule has 1 amide bonds. The van der Waals surface area contributed by atoms with Gasteiger partial charge in [0.25, 0.3) is 0 Å². The Hall–Kier alpha value is -1.50. The maximum absolute atomic E-state index is 12.3. The summed E-state index contributed by atoms with van der Waals surface area (Å²) in [5.74, 6) is 1.34. The van der Waals surface area contributed by atoms with E-state index >= 15 is 0 Å². The standard InChI is InChI=1S/C17H28N4O2S/c1-17(2,3)23-16(22)21-10-6-7-13(12-21)11-20(4)14-8-9-18-15(19-14)24-5/h8-9,13H,6-7,10-12H2,1-5H3/t13-/m0/s1. The molecule has 2 heterocycles. The molecule has 0 radical (unpaired) electrons. The van der Waals surface area contributed by atoms with Gasteiger partial charge in [-0.2, -0.15) is 0 Å². The Balaban J connectivity index is 1.93. The fourth-order valence-electron chi connectivity index (χ4n) is 2.83. The molecule has 1 aliphatic heterocycles. The Labute approximate surface area is 149 Å². The first-order chi connectivity index (χ1) is 11.3. The number of hydrogen-bond donors (Lipinski definition) is 0. The fourth-order valence-corrected chi connectivity index (χ4v) is 3.18. The average molecular weight is 353 g/mol. The van der Waals surface area contributed by atoms with Gasteiger partial charge in [-0.25, -0.2) is 14.8 Å². The van der Waals surface area contributed by atoms with Crippen LogP contribution in [-0.2, 0) is 4.74 Å². The molecule has 1 fully saturated rings. The molecule has 1 atom stereocenters. The molecule has 1 aromatic heterocycles. The maximum Gasteiger partial charge on any atom is 0.410 e. The molecule has 0 aromatic carbocycles. The van der Waals surface area contributed by atoms with Gasteiger partial charge in [-0.1, -0.05) is 11.8 Å². The molecule has 1 aromatic rings. The highest BCUT2D eigenvalue weighted by molar-refractivity contribution is 7.98. The second-order valence-electron chi connectivity index (χ2n) is 7.22. The molecule has 1 saturated heterocycles. The van der Waals surface area contributed by atoms with Crippen LogP contribution in [0.3, 0.4) is 0 Å². The van der Waals surface area contributed by atoms with Gasteiger partial charge in [-0.05, 0) is 51.9 Å². The monoisotopic (exact) mass is 352 g/mol. The third-order valence-corrected chi connectivity index (χ3v) is 4.46. The van der Waals surface area contributed by atoms with Gasteiger partial charge < -0.3 is 14.5 Å². The minimum absolute atomic E-state index is 0.207. The van der Waals surface area contributed by atoms with Gasteiger partial charge in [-0.3, -0.25) is 0 Å². The third kappa shape index (κ3) is 5.54. The van der Waals surface area contributed by atoms with Crippen molar-refractivity contribution in [3.05, 3.63) is 12.3 Å². The zero-order valence-electron chi connectivity index (χ0n) is 15.3. The molecule has 0 unspecified atom stereocenters. The van der Waals surface area contributed by atoms with E-state index in [4.69, 9.17) is 4.74 Å². The number of likely N-dealkylation sites (tertiary alicyclic amines) is 1. The number of piperidine rings is 1. The summed E-state index contributed by atoms with van der Waals surface area (Å²) < 4.78 is 5.50. The van der Waals surface area contributed by atoms with Crippen molar-refractivity contribution in [1.29, 1.82) is 0 Å². The van der Waals surface area contributed by atoms with Crippen LogP contribution in [0.25, 0.3) is 0 Å². The lowest BCUT2D eigenvalue weighted by molar-refractivity contribution is 0.0170. The third-order valence-electron chi connectivity index (χ3n) is 3.90. The molecule has 134 valence electrons. The predicted molar refractivity (Wildman–Crippen MR) is 97.6 cm³/mol. The number of rotatable bonds is 4. The Morgan fingerprint density at radius 1 is 1.50 bits per heavy atom. The van der Waals surface area contributed by atoms with Crippen LogP contribution in [0, 0.1) is 5.92 Å². The molecule has 0 bridgehead atoms. The summed E-state index contributed by atoms with van der Waals surface area (Å²) in [6.45, 7) is 8.08. The summed E-state index contributed by atoms with van der Waals surface area (Å²) >= 11 is 1.54. The van der Waals surface area contributed by atoms with E-state index in [1.54, 1.807) is 6.20 Å². The van der Waals surface area contributed by atoms with Crippen LogP contribution < -0.4 is 4.90 Å². The smallest absolute Gasteiger partial charge is 0.410 e. The molecule has 0 N–H and O–H groups in total. The number of thioether (sulfide) groups is 1. The number of anilines is 1. The van der Waals surface area contributed by atoms with Crippen molar-refractivity contribution in [1.82, 2.24) is 14.9 Å². The molecule has 1 aliphatic rings. The molecule has 0 aliphatic carbocycles. The van der Waals surface area contributed by atoms with Crippen molar-refractivity contribution >= 4 is 23.7 Å². The lowest BCUT2D eigenvalue weighted by atomic mass is 9.98. The van der Waals surface area contributed by atoms with Crippen LogP contribution in [0.5, 0.6) is 0 Å². The maximum atomic E-state index is 12.3. The minimum atomic E-state index is -0.448. The zero-order chi connectivity index (χ0) is 17.7. The Morgan fingerprint density at radius 2 is 2.25 bits per heavy atom. The van der Waals surface area contributed by atoms with E-state index in [1.807, 2.05) is 45.0 Å². The number of ether oxygens (including phenoxy) is 1. The predicted octanol–water partition coefficient (Wildman–Crippen LogP) is 3.28. The van der Waals surface area contributed by atoms with Crippen LogP contribution in [-0.4, -0.2) is 59.5 Å². The second kappa shape index (κ2) is 8.05. The van der Waals surface area contributed by atoms with E-state index in [0.29, 0.717) is 5.92 Å². The first-order valence-corrected chi connectivity index (χ1v) is 9.57. The fraction of sp³-hybridized carbons (Fsp3) is 0.706. The second-order valence-corrected chi connectivity index (χ2v) is 7.99. The van der Waals surface area contributed by atoms with Gasteiger partial charge in [-0.15, -0.1) is 0 Å². The Morgan fingerprint density at radius 3 is 2.92 bits per heavy atom. The molecular weight excluding hydrogens is 324 g/mol. The van der Waals surface area contributed by atoms with Gasteiger partial charge in [0.15, 0.2) is 5.16 Å². The van der Waals surface area contributed by atoms with E-state index in [9.17, 15) is 4.79 Å². The summed E-state index contributed by atoms with van der Waals surface area (Å²) in [6.07, 6.45) is 5.68. The van der Waals surface area contributed by atoms with Gasteiger partial charge in [0.05, 0.1) is 0 Å². The van der Waals surface area contributed by atoms with Crippen LogP contribution in [0.4, 0.5) is 10.6 Å². The number of amides is 1. The molecule has 0 saturated carbocycles. The number of nitrogens with zero attached hydrogens (tertiary/aromatic N) is 4. The first-order valence-electron chi connectivity index (χ1n) is 8.34. The minimum Gasteiger partial charge on any atom is -0.444 e. The van der Waals surface area contributed by atoms with Gasteiger partial charge >= 0.3 is 6.09 Å². The number of aromatic nitrogens is 2. The van der Waals surface area contributed by atoms with Crippen molar-refractivity contribution in [2.24, 2.45) is 5.92 Å². The lowest BCUT2D eigenvalue weighted by Crippen LogP contribution is -2.45. The van der Waals surface area contributed by atoms with E-state index in [-0.39, 0.29) is 6.09 Å². The van der Waals surface area contributed by atoms with Gasteiger partial charge in [0, 0.05) is 32.9 Å². The van der Waals surface area contributed by atoms with Crippen molar-refractivity contribution in [3.8, 4) is 0 Å². The average Bonchev–Trinajstić information content (AvgIpc) is 2.53. The van der Waals surface area contributed by atoms with Crippen molar-refractivity contribution < 1.29 is 9.53 Å². The highest BCUT2D eigenvalue weighted by Gasteiger charge is 2.28. The van der Waals surface area contributed by atoms with Crippen molar-refractivity contribution in [2.75, 3.05) is 37.8 Å². The summed E-state index contributed by atoms with van der Waals surface area (Å²) in [5.41, 5.74) is -0.448. The highest BCUT2D eigenvalue weighted by Crippen LogP contribution is 2.22.